The summed E-state index contributed by atoms with van der Waals surface area (Å²) < 4.78 is 10.2. The molecule has 0 spiro atoms. The maximum atomic E-state index is 11.3. The van der Waals surface area contributed by atoms with Crippen molar-refractivity contribution in [1.29, 1.82) is 0 Å². The number of hydrogen-bond acceptors (Lipinski definition) is 4. The highest BCUT2D eigenvalue weighted by Gasteiger charge is 2.05. The number of methoxy groups -OCH3 is 1. The van der Waals surface area contributed by atoms with Gasteiger partial charge in [-0.05, 0) is 44.5 Å². The summed E-state index contributed by atoms with van der Waals surface area (Å²) in [7, 11) is 1.63. The Morgan fingerprint density at radius 2 is 2.12 bits per heavy atom. The van der Waals surface area contributed by atoms with E-state index < -0.39 is 0 Å². The number of carbonyl (C=O) groups is 1. The lowest BCUT2D eigenvalue weighted by atomic mass is 10.2. The van der Waals surface area contributed by atoms with Gasteiger partial charge in [-0.25, -0.2) is 0 Å². The van der Waals surface area contributed by atoms with E-state index in [1.54, 1.807) is 7.11 Å². The summed E-state index contributed by atoms with van der Waals surface area (Å²) >= 11 is 0. The summed E-state index contributed by atoms with van der Waals surface area (Å²) in [6, 6.07) is 5.67. The van der Waals surface area contributed by atoms with Crippen LogP contribution in [0.2, 0.25) is 0 Å². The first-order chi connectivity index (χ1) is 8.02. The molecule has 0 radical (unpaired) electrons. The second-order valence-electron chi connectivity index (χ2n) is 4.08. The number of carbonyl (C=O) groups excluding carboxylic acids is 1. The van der Waals surface area contributed by atoms with Crippen molar-refractivity contribution in [2.75, 3.05) is 19.0 Å². The Morgan fingerprint density at radius 3 is 2.65 bits per heavy atom. The fourth-order valence-electron chi connectivity index (χ4n) is 1.47. The van der Waals surface area contributed by atoms with Gasteiger partial charge in [0.1, 0.15) is 12.3 Å². The molecule has 1 aromatic carbocycles. The molecule has 0 amide bonds. The molecule has 0 bridgehead atoms. The maximum Gasteiger partial charge on any atom is 0.325 e. The Morgan fingerprint density at radius 1 is 1.41 bits per heavy atom. The molecular weight excluding hydrogens is 218 g/mol. The number of benzene rings is 1. The van der Waals surface area contributed by atoms with E-state index in [2.05, 4.69) is 5.32 Å². The average molecular weight is 237 g/mol. The van der Waals surface area contributed by atoms with Crippen LogP contribution in [-0.4, -0.2) is 25.7 Å². The molecule has 0 atom stereocenters. The van der Waals surface area contributed by atoms with Gasteiger partial charge >= 0.3 is 5.97 Å². The molecule has 4 heteroatoms. The first kappa shape index (κ1) is 13.4. The molecule has 0 aliphatic heterocycles. The maximum absolute atomic E-state index is 11.3. The van der Waals surface area contributed by atoms with Crippen molar-refractivity contribution in [3.63, 3.8) is 0 Å². The van der Waals surface area contributed by atoms with Gasteiger partial charge in [0.25, 0.3) is 0 Å². The molecule has 0 heterocycles. The van der Waals surface area contributed by atoms with Crippen molar-refractivity contribution >= 4 is 11.7 Å². The number of anilines is 1. The van der Waals surface area contributed by atoms with E-state index in [0.29, 0.717) is 0 Å². The highest BCUT2D eigenvalue weighted by atomic mass is 16.5. The van der Waals surface area contributed by atoms with Crippen molar-refractivity contribution in [3.8, 4) is 5.75 Å². The van der Waals surface area contributed by atoms with E-state index in [9.17, 15) is 4.79 Å². The van der Waals surface area contributed by atoms with Gasteiger partial charge in [-0.3, -0.25) is 4.79 Å². The monoisotopic (exact) mass is 237 g/mol. The lowest BCUT2D eigenvalue weighted by molar-refractivity contribution is -0.145. The van der Waals surface area contributed by atoms with Crippen LogP contribution in [0.15, 0.2) is 18.2 Å². The third-order valence-corrected chi connectivity index (χ3v) is 2.20. The Balaban J connectivity index is 2.52. The van der Waals surface area contributed by atoms with Crippen LogP contribution < -0.4 is 10.1 Å². The summed E-state index contributed by atoms with van der Waals surface area (Å²) in [6.45, 7) is 5.78. The molecule has 1 rings (SSSR count). The molecule has 0 saturated carbocycles. The fraction of sp³-hybridized carbons (Fsp3) is 0.462. The molecule has 0 aliphatic rings. The van der Waals surface area contributed by atoms with Crippen LogP contribution in [0.1, 0.15) is 19.4 Å². The van der Waals surface area contributed by atoms with Crippen LogP contribution in [0, 0.1) is 6.92 Å². The van der Waals surface area contributed by atoms with Gasteiger partial charge in [0.15, 0.2) is 0 Å². The lowest BCUT2D eigenvalue weighted by Crippen LogP contribution is -2.20. The van der Waals surface area contributed by atoms with E-state index in [4.69, 9.17) is 9.47 Å². The molecule has 17 heavy (non-hydrogen) atoms. The van der Waals surface area contributed by atoms with Gasteiger partial charge in [0, 0.05) is 5.69 Å². The Kier molecular flexibility index (Phi) is 4.82. The molecule has 94 valence electrons. The predicted molar refractivity (Wildman–Crippen MR) is 67.4 cm³/mol. The summed E-state index contributed by atoms with van der Waals surface area (Å²) in [6.07, 6.45) is -0.0816. The van der Waals surface area contributed by atoms with Crippen LogP contribution >= 0.6 is 0 Å². The van der Waals surface area contributed by atoms with Crippen molar-refractivity contribution in [3.05, 3.63) is 23.8 Å². The average Bonchev–Trinajstić information content (AvgIpc) is 2.25. The molecule has 0 aliphatic carbocycles. The van der Waals surface area contributed by atoms with Crippen LogP contribution in [0.25, 0.3) is 0 Å². The molecule has 0 aromatic heterocycles. The first-order valence-electron chi connectivity index (χ1n) is 5.61. The zero-order valence-corrected chi connectivity index (χ0v) is 10.7. The Hall–Kier alpha value is -1.71. The van der Waals surface area contributed by atoms with Crippen LogP contribution in [-0.2, 0) is 9.53 Å². The minimum atomic E-state index is -0.256. The first-order valence-corrected chi connectivity index (χ1v) is 5.61. The minimum absolute atomic E-state index is 0.0816. The number of esters is 1. The van der Waals surface area contributed by atoms with Gasteiger partial charge in [-0.2, -0.15) is 0 Å². The standard InChI is InChI=1S/C13H19NO3/c1-9(2)17-13(15)8-14-11-5-6-12(16-4)10(3)7-11/h5-7,9,14H,8H2,1-4H3. The van der Waals surface area contributed by atoms with Gasteiger partial charge in [-0.1, -0.05) is 0 Å². The molecule has 0 fully saturated rings. The van der Waals surface area contributed by atoms with Crippen molar-refractivity contribution < 1.29 is 14.3 Å². The summed E-state index contributed by atoms with van der Waals surface area (Å²) in [5.74, 6) is 0.578. The SMILES string of the molecule is COc1ccc(NCC(=O)OC(C)C)cc1C. The van der Waals surface area contributed by atoms with E-state index in [0.717, 1.165) is 17.0 Å². The predicted octanol–water partition coefficient (Wildman–Crippen LogP) is 2.37. The fourth-order valence-corrected chi connectivity index (χ4v) is 1.47. The van der Waals surface area contributed by atoms with E-state index in [-0.39, 0.29) is 18.6 Å². The number of hydrogen-bond donors (Lipinski definition) is 1. The van der Waals surface area contributed by atoms with Crippen LogP contribution in [0.3, 0.4) is 0 Å². The second kappa shape index (κ2) is 6.13. The van der Waals surface area contributed by atoms with E-state index >= 15 is 0 Å². The molecule has 1 N–H and O–H groups in total. The van der Waals surface area contributed by atoms with Crippen molar-refractivity contribution in [2.24, 2.45) is 0 Å². The van der Waals surface area contributed by atoms with E-state index in [1.807, 2.05) is 39.0 Å². The quantitative estimate of drug-likeness (QED) is 0.799. The zero-order valence-electron chi connectivity index (χ0n) is 10.7. The molecule has 0 saturated heterocycles. The third kappa shape index (κ3) is 4.34. The molecular formula is C13H19NO3. The molecule has 0 unspecified atom stereocenters. The van der Waals surface area contributed by atoms with Gasteiger partial charge < -0.3 is 14.8 Å². The number of rotatable bonds is 5. The number of nitrogens with one attached hydrogen (secondary N) is 1. The summed E-state index contributed by atoms with van der Waals surface area (Å²) in [5, 5.41) is 3.01. The Labute approximate surface area is 102 Å². The lowest BCUT2D eigenvalue weighted by Gasteiger charge is -2.11. The van der Waals surface area contributed by atoms with Gasteiger partial charge in [0.2, 0.25) is 0 Å². The Bertz CT molecular complexity index is 388. The number of ether oxygens (including phenoxy) is 2. The highest BCUT2D eigenvalue weighted by molar-refractivity contribution is 5.75. The van der Waals surface area contributed by atoms with E-state index in [1.165, 1.54) is 0 Å². The minimum Gasteiger partial charge on any atom is -0.496 e. The van der Waals surface area contributed by atoms with Gasteiger partial charge in [0.05, 0.1) is 13.2 Å². The molecule has 1 aromatic rings. The summed E-state index contributed by atoms with van der Waals surface area (Å²) in [4.78, 5) is 11.3. The van der Waals surface area contributed by atoms with Crippen molar-refractivity contribution in [2.45, 2.75) is 26.9 Å². The topological polar surface area (TPSA) is 47.6 Å². The molecule has 4 nitrogen and oxygen atoms in total. The normalized spacial score (nSPS) is 10.2. The van der Waals surface area contributed by atoms with Crippen LogP contribution in [0.5, 0.6) is 5.75 Å². The second-order valence-corrected chi connectivity index (χ2v) is 4.08. The smallest absolute Gasteiger partial charge is 0.325 e. The largest absolute Gasteiger partial charge is 0.496 e. The zero-order chi connectivity index (χ0) is 12.8. The number of aryl methyl sites for hydroxylation is 1. The highest BCUT2D eigenvalue weighted by Crippen LogP contribution is 2.21. The van der Waals surface area contributed by atoms with Crippen LogP contribution in [0.4, 0.5) is 5.69 Å². The van der Waals surface area contributed by atoms with Crippen molar-refractivity contribution in [1.82, 2.24) is 0 Å². The third-order valence-electron chi connectivity index (χ3n) is 2.20. The van der Waals surface area contributed by atoms with Gasteiger partial charge in [-0.15, -0.1) is 0 Å². The summed E-state index contributed by atoms with van der Waals surface area (Å²) in [5.41, 5.74) is 1.90.